The molecule has 0 unspecified atom stereocenters. The minimum Gasteiger partial charge on any atom is -0.478 e. The van der Waals surface area contributed by atoms with Gasteiger partial charge in [-0.1, -0.05) is 6.08 Å². The van der Waals surface area contributed by atoms with Gasteiger partial charge in [-0.2, -0.15) is 0 Å². The third-order valence-corrected chi connectivity index (χ3v) is 3.40. The number of ether oxygens (including phenoxy) is 1. The highest BCUT2D eigenvalue weighted by molar-refractivity contribution is 7.14. The number of carbonyl (C=O) groups excluding carboxylic acids is 1. The first-order chi connectivity index (χ1) is 9.74. The van der Waals surface area contributed by atoms with Crippen molar-refractivity contribution in [1.29, 1.82) is 0 Å². The Bertz CT molecular complexity index is 582. The van der Waals surface area contributed by atoms with Gasteiger partial charge < -0.3 is 9.84 Å². The molecule has 1 aromatic heterocycles. The van der Waals surface area contributed by atoms with E-state index in [1.165, 1.54) is 11.3 Å². The maximum absolute atomic E-state index is 11.6. The van der Waals surface area contributed by atoms with Gasteiger partial charge >= 0.3 is 12.1 Å². The number of anilines is 1. The third kappa shape index (κ3) is 4.86. The van der Waals surface area contributed by atoms with Gasteiger partial charge in [-0.05, 0) is 39.5 Å². The highest BCUT2D eigenvalue weighted by Gasteiger charge is 2.24. The molecular weight excluding hydrogens is 292 g/mol. The van der Waals surface area contributed by atoms with Gasteiger partial charge in [0, 0.05) is 5.38 Å². The molecule has 0 bridgehead atoms. The van der Waals surface area contributed by atoms with Crippen molar-refractivity contribution in [2.75, 3.05) is 5.32 Å². The average Bonchev–Trinajstić information content (AvgIpc) is 3.03. The molecule has 0 spiro atoms. The van der Waals surface area contributed by atoms with Crippen LogP contribution in [0, 0.1) is 5.92 Å². The Kier molecular flexibility index (Phi) is 4.32. The molecule has 1 fully saturated rings. The van der Waals surface area contributed by atoms with E-state index in [2.05, 4.69) is 10.3 Å². The summed E-state index contributed by atoms with van der Waals surface area (Å²) >= 11 is 1.17. The van der Waals surface area contributed by atoms with Crippen LogP contribution >= 0.6 is 11.3 Å². The lowest BCUT2D eigenvalue weighted by Gasteiger charge is -2.18. The Morgan fingerprint density at radius 2 is 2.14 bits per heavy atom. The van der Waals surface area contributed by atoms with Crippen LogP contribution in [0.15, 0.2) is 11.5 Å². The number of carboxylic acids is 1. The Balaban J connectivity index is 2.06. The molecule has 1 saturated carbocycles. The molecule has 1 aliphatic rings. The largest absolute Gasteiger partial charge is 0.478 e. The molecule has 0 aromatic carbocycles. The van der Waals surface area contributed by atoms with Crippen molar-refractivity contribution in [3.05, 3.63) is 17.2 Å². The van der Waals surface area contributed by atoms with Crippen molar-refractivity contribution in [1.82, 2.24) is 4.98 Å². The van der Waals surface area contributed by atoms with Gasteiger partial charge in [0.15, 0.2) is 5.13 Å². The maximum atomic E-state index is 11.6. The summed E-state index contributed by atoms with van der Waals surface area (Å²) in [5, 5.41) is 13.7. The number of aliphatic carboxylic acids is 1. The number of thiazole rings is 1. The monoisotopic (exact) mass is 310 g/mol. The lowest BCUT2D eigenvalue weighted by molar-refractivity contribution is -0.130. The van der Waals surface area contributed by atoms with Crippen LogP contribution in [-0.2, 0) is 9.53 Å². The molecule has 1 aliphatic carbocycles. The number of carboxylic acid groups (broad SMARTS) is 1. The summed E-state index contributed by atoms with van der Waals surface area (Å²) in [6.07, 6.45) is 3.16. The first-order valence-corrected chi connectivity index (χ1v) is 7.53. The number of amides is 1. The van der Waals surface area contributed by atoms with E-state index < -0.39 is 17.7 Å². The van der Waals surface area contributed by atoms with Crippen LogP contribution in [0.4, 0.5) is 9.93 Å². The zero-order chi connectivity index (χ0) is 15.6. The zero-order valence-electron chi connectivity index (χ0n) is 12.2. The van der Waals surface area contributed by atoms with Gasteiger partial charge in [0.05, 0.1) is 11.3 Å². The fraction of sp³-hybridized carbons (Fsp3) is 0.500. The molecule has 6 nitrogen and oxygen atoms in total. The second-order valence-electron chi connectivity index (χ2n) is 5.89. The highest BCUT2D eigenvalue weighted by Crippen LogP contribution is 2.34. The number of nitrogens with zero attached hydrogens (tertiary/aromatic N) is 1. The van der Waals surface area contributed by atoms with E-state index >= 15 is 0 Å². The Labute approximate surface area is 126 Å². The van der Waals surface area contributed by atoms with Crippen LogP contribution < -0.4 is 5.32 Å². The summed E-state index contributed by atoms with van der Waals surface area (Å²) in [6, 6.07) is 0. The summed E-state index contributed by atoms with van der Waals surface area (Å²) in [5.74, 6) is -0.670. The van der Waals surface area contributed by atoms with Crippen LogP contribution in [0.3, 0.4) is 0 Å². The Hall–Kier alpha value is -1.89. The van der Waals surface area contributed by atoms with E-state index in [-0.39, 0.29) is 5.57 Å². The molecule has 1 aromatic rings. The molecule has 2 N–H and O–H groups in total. The molecule has 0 radical (unpaired) electrons. The van der Waals surface area contributed by atoms with Crippen molar-refractivity contribution in [2.24, 2.45) is 5.92 Å². The normalized spacial score (nSPS) is 15.7. The molecule has 2 rings (SSSR count). The number of carbonyl (C=O) groups is 2. The molecule has 0 atom stereocenters. The smallest absolute Gasteiger partial charge is 0.413 e. The van der Waals surface area contributed by atoms with Crippen LogP contribution in [-0.4, -0.2) is 27.8 Å². The van der Waals surface area contributed by atoms with Crippen molar-refractivity contribution in [3.8, 4) is 0 Å². The number of aromatic nitrogens is 1. The van der Waals surface area contributed by atoms with Gasteiger partial charge in [0.1, 0.15) is 5.60 Å². The number of rotatable bonds is 4. The van der Waals surface area contributed by atoms with Crippen molar-refractivity contribution in [3.63, 3.8) is 0 Å². The second kappa shape index (κ2) is 5.85. The van der Waals surface area contributed by atoms with Gasteiger partial charge in [0.25, 0.3) is 0 Å². The average molecular weight is 310 g/mol. The van der Waals surface area contributed by atoms with E-state index in [4.69, 9.17) is 4.74 Å². The predicted octanol–water partition coefficient (Wildman–Crippen LogP) is 3.37. The minimum absolute atomic E-state index is 0.186. The standard InChI is InChI=1S/C14H18N2O4S/c1-14(2,3)20-13(19)16-12-15-10(7-21-12)9(11(17)18)6-8-4-5-8/h6-8H,4-5H2,1-3H3,(H,17,18)(H,15,16,19)/b9-6-. The van der Waals surface area contributed by atoms with Crippen molar-refractivity contribution < 1.29 is 19.4 Å². The van der Waals surface area contributed by atoms with E-state index in [1.54, 1.807) is 32.2 Å². The summed E-state index contributed by atoms with van der Waals surface area (Å²) in [6.45, 7) is 5.29. The van der Waals surface area contributed by atoms with Crippen LogP contribution in [0.2, 0.25) is 0 Å². The molecule has 1 amide bonds. The summed E-state index contributed by atoms with van der Waals surface area (Å²) in [7, 11) is 0. The fourth-order valence-corrected chi connectivity index (χ4v) is 2.31. The zero-order valence-corrected chi connectivity index (χ0v) is 13.0. The van der Waals surface area contributed by atoms with Crippen LogP contribution in [0.5, 0.6) is 0 Å². The lowest BCUT2D eigenvalue weighted by Crippen LogP contribution is -2.27. The molecule has 1 heterocycles. The van der Waals surface area contributed by atoms with Gasteiger partial charge in [0.2, 0.25) is 0 Å². The number of hydrogen-bond donors (Lipinski definition) is 2. The summed E-state index contributed by atoms with van der Waals surface area (Å²) in [4.78, 5) is 27.0. The van der Waals surface area contributed by atoms with E-state index in [9.17, 15) is 14.7 Å². The van der Waals surface area contributed by atoms with E-state index in [0.717, 1.165) is 12.8 Å². The first-order valence-electron chi connectivity index (χ1n) is 6.65. The third-order valence-electron chi connectivity index (χ3n) is 2.64. The maximum Gasteiger partial charge on any atom is 0.413 e. The minimum atomic E-state index is -1.00. The molecule has 0 saturated heterocycles. The van der Waals surface area contributed by atoms with E-state index in [0.29, 0.717) is 16.7 Å². The van der Waals surface area contributed by atoms with Gasteiger partial charge in [-0.3, -0.25) is 5.32 Å². The first kappa shape index (κ1) is 15.5. The lowest BCUT2D eigenvalue weighted by atomic mass is 10.1. The van der Waals surface area contributed by atoms with Gasteiger partial charge in [-0.15, -0.1) is 11.3 Å². The summed E-state index contributed by atoms with van der Waals surface area (Å²) in [5.41, 5.74) is -0.0427. The Morgan fingerprint density at radius 1 is 1.48 bits per heavy atom. The molecule has 7 heteroatoms. The number of nitrogens with one attached hydrogen (secondary N) is 1. The summed E-state index contributed by atoms with van der Waals surface area (Å²) < 4.78 is 5.12. The second-order valence-corrected chi connectivity index (χ2v) is 6.75. The quantitative estimate of drug-likeness (QED) is 0.832. The topological polar surface area (TPSA) is 88.5 Å². The van der Waals surface area contributed by atoms with E-state index in [1.807, 2.05) is 0 Å². The molecule has 114 valence electrons. The van der Waals surface area contributed by atoms with Crippen molar-refractivity contribution >= 4 is 34.1 Å². The number of allylic oxidation sites excluding steroid dienone is 1. The highest BCUT2D eigenvalue weighted by atomic mass is 32.1. The molecule has 21 heavy (non-hydrogen) atoms. The van der Waals surface area contributed by atoms with Crippen LogP contribution in [0.25, 0.3) is 5.57 Å². The Morgan fingerprint density at radius 3 is 2.67 bits per heavy atom. The predicted molar refractivity (Wildman–Crippen MR) is 80.3 cm³/mol. The molecular formula is C14H18N2O4S. The molecule has 0 aliphatic heterocycles. The van der Waals surface area contributed by atoms with Gasteiger partial charge in [-0.25, -0.2) is 14.6 Å². The van der Waals surface area contributed by atoms with Crippen LogP contribution in [0.1, 0.15) is 39.3 Å². The fourth-order valence-electron chi connectivity index (χ4n) is 1.61. The number of hydrogen-bond acceptors (Lipinski definition) is 5. The SMILES string of the molecule is CC(C)(C)OC(=O)Nc1nc(/C(=C/C2CC2)C(=O)O)cs1. The van der Waals surface area contributed by atoms with Crippen molar-refractivity contribution in [2.45, 2.75) is 39.2 Å².